The molecule has 3 aliphatic rings. The van der Waals surface area contributed by atoms with E-state index in [1.807, 2.05) is 12.1 Å². The van der Waals surface area contributed by atoms with Crippen molar-refractivity contribution < 1.29 is 14.3 Å². The van der Waals surface area contributed by atoms with E-state index in [2.05, 4.69) is 10.2 Å². The van der Waals surface area contributed by atoms with Gasteiger partial charge in [0, 0.05) is 25.2 Å². The number of carbonyl (C=O) groups is 1. The van der Waals surface area contributed by atoms with Crippen LogP contribution in [0.3, 0.4) is 0 Å². The topological polar surface area (TPSA) is 76.8 Å². The van der Waals surface area contributed by atoms with Gasteiger partial charge in [-0.2, -0.15) is 0 Å². The Labute approximate surface area is 123 Å². The van der Waals surface area contributed by atoms with E-state index in [-0.39, 0.29) is 17.9 Å². The second-order valence-corrected chi connectivity index (χ2v) is 5.81. The number of anilines is 2. The lowest BCUT2D eigenvalue weighted by atomic mass is 9.91. The van der Waals surface area contributed by atoms with E-state index in [0.29, 0.717) is 31.2 Å². The summed E-state index contributed by atoms with van der Waals surface area (Å²) in [6.07, 6.45) is 1.96. The first-order valence-electron chi connectivity index (χ1n) is 7.47. The summed E-state index contributed by atoms with van der Waals surface area (Å²) in [4.78, 5) is 14.1. The summed E-state index contributed by atoms with van der Waals surface area (Å²) >= 11 is 0. The molecule has 2 saturated heterocycles. The summed E-state index contributed by atoms with van der Waals surface area (Å²) in [5.41, 5.74) is 7.84. The molecule has 2 unspecified atom stereocenters. The molecule has 6 heteroatoms. The number of nitrogen functional groups attached to an aromatic ring is 1. The van der Waals surface area contributed by atoms with Crippen molar-refractivity contribution in [2.75, 3.05) is 36.9 Å². The van der Waals surface area contributed by atoms with E-state index in [1.54, 1.807) is 0 Å². The summed E-state index contributed by atoms with van der Waals surface area (Å²) in [5, 5.41) is 2.97. The zero-order chi connectivity index (χ0) is 14.4. The van der Waals surface area contributed by atoms with Gasteiger partial charge in [-0.05, 0) is 12.8 Å². The van der Waals surface area contributed by atoms with Crippen LogP contribution in [0.1, 0.15) is 12.8 Å². The highest BCUT2D eigenvalue weighted by atomic mass is 16.6. The van der Waals surface area contributed by atoms with Crippen molar-refractivity contribution in [3.8, 4) is 11.5 Å². The predicted molar refractivity (Wildman–Crippen MR) is 78.7 cm³/mol. The van der Waals surface area contributed by atoms with Gasteiger partial charge in [-0.25, -0.2) is 0 Å². The molecule has 0 spiro atoms. The highest BCUT2D eigenvalue weighted by Gasteiger charge is 2.41. The molecule has 6 nitrogen and oxygen atoms in total. The number of nitrogens with zero attached hydrogens (tertiary/aromatic N) is 1. The van der Waals surface area contributed by atoms with E-state index in [9.17, 15) is 4.79 Å². The Hall–Kier alpha value is -2.11. The van der Waals surface area contributed by atoms with Crippen molar-refractivity contribution in [1.82, 2.24) is 5.32 Å². The van der Waals surface area contributed by atoms with Crippen LogP contribution in [-0.4, -0.2) is 38.3 Å². The van der Waals surface area contributed by atoms with Crippen LogP contribution in [0.15, 0.2) is 12.1 Å². The average Bonchev–Trinajstić information content (AvgIpc) is 2.88. The van der Waals surface area contributed by atoms with Crippen LogP contribution in [0, 0.1) is 5.92 Å². The molecule has 21 heavy (non-hydrogen) atoms. The number of hydrogen-bond donors (Lipinski definition) is 2. The zero-order valence-electron chi connectivity index (χ0n) is 11.8. The lowest BCUT2D eigenvalue weighted by molar-refractivity contribution is -0.122. The van der Waals surface area contributed by atoms with Crippen LogP contribution in [0.5, 0.6) is 11.5 Å². The fourth-order valence-electron chi connectivity index (χ4n) is 3.59. The highest BCUT2D eigenvalue weighted by Crippen LogP contribution is 2.41. The first kappa shape index (κ1) is 12.6. The van der Waals surface area contributed by atoms with Gasteiger partial charge >= 0.3 is 0 Å². The monoisotopic (exact) mass is 289 g/mol. The smallest absolute Gasteiger partial charge is 0.225 e. The van der Waals surface area contributed by atoms with E-state index in [0.717, 1.165) is 30.8 Å². The molecule has 4 rings (SSSR count). The molecule has 1 aromatic carbocycles. The molecule has 3 N–H and O–H groups in total. The second-order valence-electron chi connectivity index (χ2n) is 5.81. The van der Waals surface area contributed by atoms with Gasteiger partial charge in [0.1, 0.15) is 13.2 Å². The van der Waals surface area contributed by atoms with E-state index >= 15 is 0 Å². The Morgan fingerprint density at radius 2 is 2.00 bits per heavy atom. The summed E-state index contributed by atoms with van der Waals surface area (Å²) < 4.78 is 11.2. The molecule has 0 aliphatic carbocycles. The zero-order valence-corrected chi connectivity index (χ0v) is 11.8. The minimum Gasteiger partial charge on any atom is -0.486 e. The van der Waals surface area contributed by atoms with Crippen molar-refractivity contribution in [3.63, 3.8) is 0 Å². The van der Waals surface area contributed by atoms with Gasteiger partial charge in [0.25, 0.3) is 0 Å². The van der Waals surface area contributed by atoms with Gasteiger partial charge in [0.15, 0.2) is 11.5 Å². The predicted octanol–water partition coefficient (Wildman–Crippen LogP) is 0.755. The maximum Gasteiger partial charge on any atom is 0.225 e. The number of nitrogens with two attached hydrogens (primary N) is 1. The van der Waals surface area contributed by atoms with Crippen LogP contribution in [0.2, 0.25) is 0 Å². The molecule has 1 aromatic rings. The summed E-state index contributed by atoms with van der Waals surface area (Å²) in [7, 11) is 0. The first-order valence-corrected chi connectivity index (χ1v) is 7.47. The fourth-order valence-corrected chi connectivity index (χ4v) is 3.59. The van der Waals surface area contributed by atoms with Gasteiger partial charge in [-0.1, -0.05) is 0 Å². The number of carbonyl (C=O) groups excluding carboxylic acids is 1. The number of benzene rings is 1. The molecule has 2 atom stereocenters. The number of amides is 1. The molecule has 0 aromatic heterocycles. The van der Waals surface area contributed by atoms with Crippen molar-refractivity contribution in [1.29, 1.82) is 0 Å². The quantitative estimate of drug-likeness (QED) is 0.746. The summed E-state index contributed by atoms with van der Waals surface area (Å²) in [6, 6.07) is 3.98. The van der Waals surface area contributed by atoms with E-state index < -0.39 is 0 Å². The molecule has 1 amide bonds. The molecule has 0 saturated carbocycles. The molecule has 112 valence electrons. The third-order valence-corrected chi connectivity index (χ3v) is 4.60. The lowest BCUT2D eigenvalue weighted by Crippen LogP contribution is -2.46. The van der Waals surface area contributed by atoms with Gasteiger partial charge in [-0.15, -0.1) is 0 Å². The average molecular weight is 289 g/mol. The summed E-state index contributed by atoms with van der Waals surface area (Å²) in [5.74, 6) is 1.69. The van der Waals surface area contributed by atoms with Crippen LogP contribution in [-0.2, 0) is 4.79 Å². The van der Waals surface area contributed by atoms with Gasteiger partial charge < -0.3 is 25.4 Å². The van der Waals surface area contributed by atoms with Gasteiger partial charge in [0.05, 0.1) is 23.3 Å². The normalized spacial score (nSPS) is 27.2. The molecule has 3 heterocycles. The number of piperidine rings is 1. The Kier molecular flexibility index (Phi) is 2.83. The number of fused-ring (bicyclic) bond motifs is 2. The van der Waals surface area contributed by atoms with E-state index in [1.165, 1.54) is 0 Å². The minimum atomic E-state index is 0.0753. The van der Waals surface area contributed by atoms with Crippen molar-refractivity contribution >= 4 is 17.3 Å². The Balaban J connectivity index is 1.70. The standard InChI is InChI=1S/C15H19N3O3/c16-10-6-13-14(21-5-4-20-13)7-11(10)18-3-1-2-9-12(18)8-17-15(9)19/h6-7,9,12H,1-5,8,16H2,(H,17,19). The van der Waals surface area contributed by atoms with Crippen LogP contribution >= 0.6 is 0 Å². The highest BCUT2D eigenvalue weighted by molar-refractivity contribution is 5.84. The largest absolute Gasteiger partial charge is 0.486 e. The molecule has 0 radical (unpaired) electrons. The number of ether oxygens (including phenoxy) is 2. The Morgan fingerprint density at radius 3 is 2.81 bits per heavy atom. The van der Waals surface area contributed by atoms with Crippen LogP contribution in [0.25, 0.3) is 0 Å². The number of hydrogen-bond acceptors (Lipinski definition) is 5. The fraction of sp³-hybridized carbons (Fsp3) is 0.533. The van der Waals surface area contributed by atoms with Crippen molar-refractivity contribution in [2.24, 2.45) is 5.92 Å². The third kappa shape index (κ3) is 1.97. The van der Waals surface area contributed by atoms with Crippen LogP contribution < -0.4 is 25.4 Å². The number of nitrogens with one attached hydrogen (secondary N) is 1. The minimum absolute atomic E-state index is 0.0753. The molecule has 0 bridgehead atoms. The molecular formula is C15H19N3O3. The third-order valence-electron chi connectivity index (χ3n) is 4.60. The van der Waals surface area contributed by atoms with Crippen molar-refractivity contribution in [2.45, 2.75) is 18.9 Å². The molecular weight excluding hydrogens is 270 g/mol. The second kappa shape index (κ2) is 4.72. The maximum absolute atomic E-state index is 11.9. The molecule has 2 fully saturated rings. The van der Waals surface area contributed by atoms with Gasteiger partial charge in [0.2, 0.25) is 5.91 Å². The number of rotatable bonds is 1. The van der Waals surface area contributed by atoms with Crippen LogP contribution in [0.4, 0.5) is 11.4 Å². The van der Waals surface area contributed by atoms with E-state index in [4.69, 9.17) is 15.2 Å². The molecule has 3 aliphatic heterocycles. The van der Waals surface area contributed by atoms with Gasteiger partial charge in [-0.3, -0.25) is 4.79 Å². The Morgan fingerprint density at radius 1 is 1.24 bits per heavy atom. The maximum atomic E-state index is 11.9. The Bertz CT molecular complexity index is 590. The lowest BCUT2D eigenvalue weighted by Gasteiger charge is -2.38. The van der Waals surface area contributed by atoms with Crippen molar-refractivity contribution in [3.05, 3.63) is 12.1 Å². The first-order chi connectivity index (χ1) is 10.2. The summed E-state index contributed by atoms with van der Waals surface area (Å²) in [6.45, 7) is 2.72. The SMILES string of the molecule is Nc1cc2c(cc1N1CCCC3C(=O)NCC31)OCCO2.